The van der Waals surface area contributed by atoms with Gasteiger partial charge in [-0.1, -0.05) is 50.2 Å². The van der Waals surface area contributed by atoms with Crippen molar-refractivity contribution >= 4 is 17.7 Å². The Balaban J connectivity index is 2.16. The SMILES string of the molecule is CNC(=O)C(NC(=O)C(NC(=O)Cc1ccccc1)C(C)C)c1ccc(F)c(F)c1. The first-order valence-corrected chi connectivity index (χ1v) is 9.53. The summed E-state index contributed by atoms with van der Waals surface area (Å²) in [6.45, 7) is 3.50. The minimum atomic E-state index is -1.25. The first-order chi connectivity index (χ1) is 14.2. The van der Waals surface area contributed by atoms with Gasteiger partial charge in [0.1, 0.15) is 12.1 Å². The fraction of sp³-hybridized carbons (Fsp3) is 0.318. The van der Waals surface area contributed by atoms with Gasteiger partial charge in [-0.2, -0.15) is 0 Å². The molecular weight excluding hydrogens is 392 g/mol. The van der Waals surface area contributed by atoms with Gasteiger partial charge in [0, 0.05) is 7.05 Å². The molecule has 0 saturated carbocycles. The maximum atomic E-state index is 13.6. The molecular formula is C22H25F2N3O3. The molecule has 0 aliphatic rings. The van der Waals surface area contributed by atoms with Crippen molar-refractivity contribution in [3.05, 3.63) is 71.3 Å². The van der Waals surface area contributed by atoms with Gasteiger partial charge in [-0.25, -0.2) is 8.78 Å². The summed E-state index contributed by atoms with van der Waals surface area (Å²) < 4.78 is 26.9. The third-order valence-corrected chi connectivity index (χ3v) is 4.55. The van der Waals surface area contributed by atoms with Gasteiger partial charge >= 0.3 is 0 Å². The predicted octanol–water partition coefficient (Wildman–Crippen LogP) is 2.25. The summed E-state index contributed by atoms with van der Waals surface area (Å²) >= 11 is 0. The lowest BCUT2D eigenvalue weighted by molar-refractivity contribution is -0.132. The number of benzene rings is 2. The Labute approximate surface area is 174 Å². The highest BCUT2D eigenvalue weighted by Crippen LogP contribution is 2.18. The molecule has 0 aliphatic carbocycles. The minimum absolute atomic E-state index is 0.0831. The molecule has 0 heterocycles. The zero-order valence-electron chi connectivity index (χ0n) is 17.0. The highest BCUT2D eigenvalue weighted by molar-refractivity contribution is 5.93. The van der Waals surface area contributed by atoms with Crippen LogP contribution in [0.15, 0.2) is 48.5 Å². The van der Waals surface area contributed by atoms with Crippen LogP contribution < -0.4 is 16.0 Å². The standard InChI is InChI=1S/C22H25F2N3O3/c1-13(2)19(26-18(28)11-14-7-5-4-6-8-14)22(30)27-20(21(29)25-3)15-9-10-16(23)17(24)12-15/h4-10,12-13,19-20H,11H2,1-3H3,(H,25,29)(H,26,28)(H,27,30). The highest BCUT2D eigenvalue weighted by Gasteiger charge is 2.29. The Morgan fingerprint density at radius 3 is 2.13 bits per heavy atom. The van der Waals surface area contributed by atoms with Crippen molar-refractivity contribution in [3.63, 3.8) is 0 Å². The Morgan fingerprint density at radius 1 is 0.900 bits per heavy atom. The molecule has 6 nitrogen and oxygen atoms in total. The smallest absolute Gasteiger partial charge is 0.246 e. The van der Waals surface area contributed by atoms with E-state index in [0.717, 1.165) is 17.7 Å². The number of carbonyl (C=O) groups excluding carboxylic acids is 3. The third kappa shape index (κ3) is 6.10. The van der Waals surface area contributed by atoms with Crippen molar-refractivity contribution in [2.24, 2.45) is 5.92 Å². The largest absolute Gasteiger partial charge is 0.357 e. The summed E-state index contributed by atoms with van der Waals surface area (Å²) in [6, 6.07) is 9.85. The van der Waals surface area contributed by atoms with E-state index in [0.29, 0.717) is 0 Å². The van der Waals surface area contributed by atoms with E-state index in [1.165, 1.54) is 13.1 Å². The molecule has 0 aliphatic heterocycles. The average molecular weight is 417 g/mol. The van der Waals surface area contributed by atoms with Crippen LogP contribution in [0.25, 0.3) is 0 Å². The van der Waals surface area contributed by atoms with E-state index in [2.05, 4.69) is 16.0 Å². The molecule has 3 N–H and O–H groups in total. The molecule has 0 fully saturated rings. The summed E-state index contributed by atoms with van der Waals surface area (Å²) in [4.78, 5) is 37.5. The lowest BCUT2D eigenvalue weighted by Gasteiger charge is -2.25. The van der Waals surface area contributed by atoms with Gasteiger partial charge in [-0.15, -0.1) is 0 Å². The van der Waals surface area contributed by atoms with Crippen molar-refractivity contribution in [2.45, 2.75) is 32.4 Å². The number of nitrogens with one attached hydrogen (secondary N) is 3. The molecule has 2 atom stereocenters. The highest BCUT2D eigenvalue weighted by atomic mass is 19.2. The van der Waals surface area contributed by atoms with E-state index in [9.17, 15) is 23.2 Å². The van der Waals surface area contributed by atoms with Crippen LogP contribution in [0.2, 0.25) is 0 Å². The Kier molecular flexibility index (Phi) is 8.03. The lowest BCUT2D eigenvalue weighted by Crippen LogP contribution is -2.52. The van der Waals surface area contributed by atoms with Crippen LogP contribution in [-0.2, 0) is 20.8 Å². The Morgan fingerprint density at radius 2 is 1.57 bits per heavy atom. The number of halogens is 2. The number of amides is 3. The fourth-order valence-electron chi connectivity index (χ4n) is 2.91. The fourth-order valence-corrected chi connectivity index (χ4v) is 2.91. The quantitative estimate of drug-likeness (QED) is 0.616. The second-order valence-electron chi connectivity index (χ2n) is 7.18. The van der Waals surface area contributed by atoms with Crippen LogP contribution in [0.1, 0.15) is 31.0 Å². The zero-order valence-corrected chi connectivity index (χ0v) is 17.0. The number of hydrogen-bond acceptors (Lipinski definition) is 3. The topological polar surface area (TPSA) is 87.3 Å². The van der Waals surface area contributed by atoms with Crippen LogP contribution >= 0.6 is 0 Å². The van der Waals surface area contributed by atoms with Crippen molar-refractivity contribution in [1.29, 1.82) is 0 Å². The van der Waals surface area contributed by atoms with Crippen LogP contribution in [0.5, 0.6) is 0 Å². The molecule has 30 heavy (non-hydrogen) atoms. The van der Waals surface area contributed by atoms with Crippen LogP contribution in [0.4, 0.5) is 8.78 Å². The number of rotatable bonds is 8. The van der Waals surface area contributed by atoms with Crippen molar-refractivity contribution < 1.29 is 23.2 Å². The normalized spacial score (nSPS) is 12.7. The molecule has 160 valence electrons. The van der Waals surface area contributed by atoms with Gasteiger partial charge in [0.2, 0.25) is 17.7 Å². The number of carbonyl (C=O) groups is 3. The van der Waals surface area contributed by atoms with Gasteiger partial charge < -0.3 is 16.0 Å². The molecule has 0 saturated heterocycles. The summed E-state index contributed by atoms with van der Waals surface area (Å²) in [5.74, 6) is -4.03. The maximum absolute atomic E-state index is 13.6. The molecule has 2 aromatic rings. The molecule has 2 unspecified atom stereocenters. The maximum Gasteiger partial charge on any atom is 0.246 e. The van der Waals surface area contributed by atoms with Gasteiger partial charge in [-0.05, 0) is 29.2 Å². The first-order valence-electron chi connectivity index (χ1n) is 9.53. The third-order valence-electron chi connectivity index (χ3n) is 4.55. The van der Waals surface area contributed by atoms with E-state index in [1.807, 2.05) is 18.2 Å². The average Bonchev–Trinajstić information content (AvgIpc) is 2.72. The van der Waals surface area contributed by atoms with Crippen LogP contribution in [0, 0.1) is 17.6 Å². The van der Waals surface area contributed by atoms with Crippen molar-refractivity contribution in [3.8, 4) is 0 Å². The second kappa shape index (κ2) is 10.5. The molecule has 0 bridgehead atoms. The first kappa shape index (κ1) is 23.0. The molecule has 3 amide bonds. The van der Waals surface area contributed by atoms with Gasteiger partial charge in [0.15, 0.2) is 11.6 Å². The number of likely N-dealkylation sites (N-methyl/N-ethyl adjacent to an activating group) is 1. The van der Waals surface area contributed by atoms with Gasteiger partial charge in [0.25, 0.3) is 0 Å². The summed E-state index contributed by atoms with van der Waals surface area (Å²) in [6.07, 6.45) is 0.0966. The van der Waals surface area contributed by atoms with Gasteiger partial charge in [0.05, 0.1) is 6.42 Å². The lowest BCUT2D eigenvalue weighted by atomic mass is 10.0. The summed E-state index contributed by atoms with van der Waals surface area (Å²) in [5, 5.41) is 7.60. The van der Waals surface area contributed by atoms with Crippen molar-refractivity contribution in [1.82, 2.24) is 16.0 Å². The molecule has 2 aromatic carbocycles. The second-order valence-corrected chi connectivity index (χ2v) is 7.18. The van der Waals surface area contributed by atoms with E-state index in [4.69, 9.17) is 0 Å². The molecule has 0 aromatic heterocycles. The Bertz CT molecular complexity index is 904. The molecule has 0 spiro atoms. The molecule has 2 rings (SSSR count). The van der Waals surface area contributed by atoms with Crippen LogP contribution in [-0.4, -0.2) is 30.8 Å². The monoisotopic (exact) mass is 417 g/mol. The van der Waals surface area contributed by atoms with Gasteiger partial charge in [-0.3, -0.25) is 14.4 Å². The van der Waals surface area contributed by atoms with Crippen molar-refractivity contribution in [2.75, 3.05) is 7.05 Å². The minimum Gasteiger partial charge on any atom is -0.357 e. The van der Waals surface area contributed by atoms with E-state index >= 15 is 0 Å². The predicted molar refractivity (Wildman–Crippen MR) is 108 cm³/mol. The molecule has 8 heteroatoms. The molecule has 0 radical (unpaired) electrons. The summed E-state index contributed by atoms with van der Waals surface area (Å²) in [5.41, 5.74) is 0.877. The van der Waals surface area contributed by atoms with Crippen LogP contribution in [0.3, 0.4) is 0 Å². The van der Waals surface area contributed by atoms with E-state index in [1.54, 1.807) is 26.0 Å². The zero-order chi connectivity index (χ0) is 22.3. The van der Waals surface area contributed by atoms with E-state index in [-0.39, 0.29) is 23.8 Å². The number of hydrogen-bond donors (Lipinski definition) is 3. The summed E-state index contributed by atoms with van der Waals surface area (Å²) in [7, 11) is 1.36. The Hall–Kier alpha value is -3.29. The van der Waals surface area contributed by atoms with E-state index < -0.39 is 35.5 Å².